The molecule has 0 bridgehead atoms. The van der Waals surface area contributed by atoms with Gasteiger partial charge in [-0.1, -0.05) is 113 Å². The average molecular weight is 665 g/mol. The van der Waals surface area contributed by atoms with Gasteiger partial charge in [0.25, 0.3) is 0 Å². The van der Waals surface area contributed by atoms with Crippen LogP contribution in [0.1, 0.15) is 49.9 Å². The number of benzene rings is 7. The van der Waals surface area contributed by atoms with Gasteiger partial charge in [0.1, 0.15) is 0 Å². The molecule has 0 amide bonds. The van der Waals surface area contributed by atoms with E-state index in [1.807, 2.05) is 24.8 Å². The summed E-state index contributed by atoms with van der Waals surface area (Å²) < 4.78 is 0. The van der Waals surface area contributed by atoms with Crippen molar-refractivity contribution in [1.29, 1.82) is 0 Å². The minimum Gasteiger partial charge on any atom is -0.264 e. The van der Waals surface area contributed by atoms with Crippen molar-refractivity contribution in [1.82, 2.24) is 9.97 Å². The van der Waals surface area contributed by atoms with Gasteiger partial charge in [-0.15, -0.1) is 0 Å². The van der Waals surface area contributed by atoms with E-state index < -0.39 is 0 Å². The summed E-state index contributed by atoms with van der Waals surface area (Å²) in [5.41, 5.74) is 15.5. The lowest BCUT2D eigenvalue weighted by atomic mass is 9.80. The molecule has 0 saturated carbocycles. The number of nitrogens with zero attached hydrogens (tertiary/aromatic N) is 2. The van der Waals surface area contributed by atoms with Crippen molar-refractivity contribution in [3.8, 4) is 44.5 Å². The van der Waals surface area contributed by atoms with Crippen LogP contribution < -0.4 is 0 Å². The Morgan fingerprint density at radius 3 is 1.29 bits per heavy atom. The Hall–Kier alpha value is -6.12. The molecule has 0 N–H and O–H groups in total. The van der Waals surface area contributed by atoms with E-state index in [1.54, 1.807) is 0 Å². The van der Waals surface area contributed by atoms with Crippen LogP contribution in [-0.4, -0.2) is 9.97 Å². The standard InChI is InChI=1S/C50H36N2/c1-49(2)41-15-7-5-13-35(41)47-43(49)19-17-33-37-26-38-32(23-31(37)24-39(45(33)47)29-11-9-21-51-27-29)25-40(30-12-10-22-52-28-30)46-34(38)18-20-44-48(46)36-14-6-8-16-42(36)50(44,3)4/h5-28H,1-4H3. The van der Waals surface area contributed by atoms with Crippen LogP contribution in [0.2, 0.25) is 0 Å². The summed E-state index contributed by atoms with van der Waals surface area (Å²) in [4.78, 5) is 9.18. The third-order valence-electron chi connectivity index (χ3n) is 12.4. The van der Waals surface area contributed by atoms with Gasteiger partial charge in [-0.05, 0) is 135 Å². The van der Waals surface area contributed by atoms with E-state index in [0.717, 1.165) is 11.1 Å². The quantitative estimate of drug-likeness (QED) is 0.136. The number of fused-ring (bicyclic) bond motifs is 14. The molecule has 246 valence electrons. The van der Waals surface area contributed by atoms with Crippen molar-refractivity contribution in [3.05, 3.63) is 168 Å². The van der Waals surface area contributed by atoms with E-state index in [4.69, 9.17) is 0 Å². The molecule has 0 unspecified atom stereocenters. The molecular formula is C50H36N2. The molecule has 52 heavy (non-hydrogen) atoms. The number of hydrogen-bond acceptors (Lipinski definition) is 2. The SMILES string of the molecule is CC1(C)c2ccccc2-c2c1ccc1c2c(-c2cccnc2)cc2cc3cc(-c4cccnc4)c4c5c(ccc4c3cc21)C(C)(C)c1ccccc1-5. The molecule has 0 fully saturated rings. The Morgan fingerprint density at radius 1 is 0.385 bits per heavy atom. The van der Waals surface area contributed by atoms with E-state index in [9.17, 15) is 0 Å². The van der Waals surface area contributed by atoms with Crippen LogP contribution in [0.3, 0.4) is 0 Å². The van der Waals surface area contributed by atoms with Gasteiger partial charge >= 0.3 is 0 Å². The fourth-order valence-electron chi connectivity index (χ4n) is 9.89. The number of rotatable bonds is 2. The predicted octanol–water partition coefficient (Wildman–Crippen LogP) is 13.0. The van der Waals surface area contributed by atoms with Crippen molar-refractivity contribution in [3.63, 3.8) is 0 Å². The molecule has 7 aromatic carbocycles. The molecule has 2 heterocycles. The van der Waals surface area contributed by atoms with Crippen molar-refractivity contribution in [2.24, 2.45) is 0 Å². The van der Waals surface area contributed by atoms with Crippen LogP contribution in [0.4, 0.5) is 0 Å². The van der Waals surface area contributed by atoms with Gasteiger partial charge in [0, 0.05) is 46.7 Å². The van der Waals surface area contributed by atoms with Crippen LogP contribution in [0.5, 0.6) is 0 Å². The topological polar surface area (TPSA) is 25.8 Å². The van der Waals surface area contributed by atoms with Gasteiger partial charge in [0.05, 0.1) is 0 Å². The maximum atomic E-state index is 4.59. The summed E-state index contributed by atoms with van der Waals surface area (Å²) in [6.45, 7) is 9.47. The summed E-state index contributed by atoms with van der Waals surface area (Å²) in [7, 11) is 0. The fourth-order valence-corrected chi connectivity index (χ4v) is 9.89. The zero-order chi connectivity index (χ0) is 34.9. The zero-order valence-electron chi connectivity index (χ0n) is 29.8. The van der Waals surface area contributed by atoms with Crippen molar-refractivity contribution < 1.29 is 0 Å². The van der Waals surface area contributed by atoms with E-state index in [-0.39, 0.29) is 10.8 Å². The van der Waals surface area contributed by atoms with Gasteiger partial charge in [0.15, 0.2) is 0 Å². The van der Waals surface area contributed by atoms with Gasteiger partial charge in [0.2, 0.25) is 0 Å². The normalized spacial score (nSPS) is 14.8. The monoisotopic (exact) mass is 664 g/mol. The summed E-state index contributed by atoms with van der Waals surface area (Å²) in [6.07, 6.45) is 7.76. The van der Waals surface area contributed by atoms with E-state index in [1.165, 1.54) is 98.7 Å². The smallest absolute Gasteiger partial charge is 0.0346 e. The molecule has 2 nitrogen and oxygen atoms in total. The summed E-state index contributed by atoms with van der Waals surface area (Å²) in [5, 5.41) is 10.2. The molecule has 2 aliphatic rings. The molecule has 0 radical (unpaired) electrons. The van der Waals surface area contributed by atoms with Crippen molar-refractivity contribution in [2.45, 2.75) is 38.5 Å². The van der Waals surface area contributed by atoms with Crippen LogP contribution in [0.15, 0.2) is 146 Å². The third kappa shape index (κ3) is 3.79. The van der Waals surface area contributed by atoms with Crippen LogP contribution in [-0.2, 0) is 10.8 Å². The zero-order valence-corrected chi connectivity index (χ0v) is 29.8. The highest BCUT2D eigenvalue weighted by Gasteiger charge is 2.38. The Morgan fingerprint density at radius 2 is 0.846 bits per heavy atom. The minimum absolute atomic E-state index is 0.0893. The van der Waals surface area contributed by atoms with Gasteiger partial charge in [-0.25, -0.2) is 0 Å². The number of pyridine rings is 2. The van der Waals surface area contributed by atoms with Crippen molar-refractivity contribution >= 4 is 43.1 Å². The van der Waals surface area contributed by atoms with Gasteiger partial charge in [-0.2, -0.15) is 0 Å². The average Bonchev–Trinajstić information content (AvgIpc) is 3.57. The van der Waals surface area contributed by atoms with Gasteiger partial charge < -0.3 is 0 Å². The highest BCUT2D eigenvalue weighted by atomic mass is 14.6. The fraction of sp³-hybridized carbons (Fsp3) is 0.120. The molecule has 0 saturated heterocycles. The largest absolute Gasteiger partial charge is 0.264 e. The lowest BCUT2D eigenvalue weighted by Crippen LogP contribution is -2.14. The molecule has 9 aromatic rings. The Balaban J connectivity index is 1.32. The first-order chi connectivity index (χ1) is 25.3. The Bertz CT molecular complexity index is 2790. The molecule has 2 heteroatoms. The second kappa shape index (κ2) is 10.2. The Kier molecular flexibility index (Phi) is 5.83. The third-order valence-corrected chi connectivity index (χ3v) is 12.4. The number of aromatic nitrogens is 2. The second-order valence-electron chi connectivity index (χ2n) is 15.8. The molecule has 2 aromatic heterocycles. The van der Waals surface area contributed by atoms with Crippen LogP contribution in [0.25, 0.3) is 87.6 Å². The van der Waals surface area contributed by atoms with E-state index in [0.29, 0.717) is 0 Å². The lowest BCUT2D eigenvalue weighted by molar-refractivity contribution is 0.660. The lowest BCUT2D eigenvalue weighted by Gasteiger charge is -2.23. The summed E-state index contributed by atoms with van der Waals surface area (Å²) in [6, 6.07) is 45.8. The summed E-state index contributed by atoms with van der Waals surface area (Å²) in [5.74, 6) is 0. The first-order valence-corrected chi connectivity index (χ1v) is 18.3. The van der Waals surface area contributed by atoms with E-state index >= 15 is 0 Å². The molecular weight excluding hydrogens is 629 g/mol. The maximum absolute atomic E-state index is 4.59. The molecule has 11 rings (SSSR count). The first-order valence-electron chi connectivity index (χ1n) is 18.3. The molecule has 0 spiro atoms. The van der Waals surface area contributed by atoms with Crippen LogP contribution in [0, 0.1) is 0 Å². The maximum Gasteiger partial charge on any atom is 0.0346 e. The van der Waals surface area contributed by atoms with E-state index in [2.05, 4.69) is 159 Å². The predicted molar refractivity (Wildman–Crippen MR) is 218 cm³/mol. The first kappa shape index (κ1) is 29.6. The van der Waals surface area contributed by atoms with Gasteiger partial charge in [-0.3, -0.25) is 9.97 Å². The summed E-state index contributed by atoms with van der Waals surface area (Å²) >= 11 is 0. The highest BCUT2D eigenvalue weighted by molar-refractivity contribution is 6.26. The Labute approximate surface area is 303 Å². The van der Waals surface area contributed by atoms with Crippen LogP contribution >= 0.6 is 0 Å². The number of hydrogen-bond donors (Lipinski definition) is 0. The highest BCUT2D eigenvalue weighted by Crippen LogP contribution is 2.56. The molecule has 0 atom stereocenters. The molecule has 0 aliphatic heterocycles. The molecule has 2 aliphatic carbocycles. The minimum atomic E-state index is -0.0893. The second-order valence-corrected chi connectivity index (χ2v) is 15.8. The van der Waals surface area contributed by atoms with Crippen molar-refractivity contribution in [2.75, 3.05) is 0 Å².